The Bertz CT molecular complexity index is 72.5. The molecule has 0 rings (SSSR count). The molecule has 0 aliphatic heterocycles. The summed E-state index contributed by atoms with van der Waals surface area (Å²) in [7, 11) is 0. The molecule has 3 nitrogen and oxygen atoms in total. The van der Waals surface area contributed by atoms with Crippen LogP contribution in [0.1, 0.15) is 74.7 Å². The summed E-state index contributed by atoms with van der Waals surface area (Å²) >= 11 is 0. The van der Waals surface area contributed by atoms with E-state index in [1.165, 1.54) is 19.3 Å². The Morgan fingerprint density at radius 3 is 0.722 bits per heavy atom. The van der Waals surface area contributed by atoms with Gasteiger partial charge in [-0.2, -0.15) is 0 Å². The van der Waals surface area contributed by atoms with Crippen LogP contribution < -0.4 is 0 Å². The van der Waals surface area contributed by atoms with Gasteiger partial charge in [-0.15, -0.1) is 0 Å². The Morgan fingerprint density at radius 2 is 0.722 bits per heavy atom. The molecule has 0 amide bonds. The quantitative estimate of drug-likeness (QED) is 0.720. The molecule has 0 saturated carbocycles. The van der Waals surface area contributed by atoms with Crippen molar-refractivity contribution in [3.05, 3.63) is 0 Å². The molecule has 0 aliphatic carbocycles. The van der Waals surface area contributed by atoms with Crippen molar-refractivity contribution in [1.29, 1.82) is 0 Å². The Morgan fingerprint density at radius 1 is 0.611 bits per heavy atom. The zero-order valence-electron chi connectivity index (χ0n) is 13.7. The van der Waals surface area contributed by atoms with Crippen molar-refractivity contribution in [2.24, 2.45) is 0 Å². The summed E-state index contributed by atoms with van der Waals surface area (Å²) in [5.74, 6) is 0. The zero-order valence-corrected chi connectivity index (χ0v) is 16.2. The SMILES string of the molecule is CC(C)O.CC(C)O.CC(C)O.CCCCC.[Zr]. The van der Waals surface area contributed by atoms with Crippen LogP contribution in [-0.4, -0.2) is 33.6 Å². The van der Waals surface area contributed by atoms with E-state index in [-0.39, 0.29) is 44.5 Å². The van der Waals surface area contributed by atoms with Crippen LogP contribution in [0.15, 0.2) is 0 Å². The molecule has 0 fully saturated rings. The molecule has 4 heteroatoms. The molecule has 0 aromatic rings. The van der Waals surface area contributed by atoms with Gasteiger partial charge in [0.1, 0.15) is 0 Å². The molecule has 0 unspecified atom stereocenters. The van der Waals surface area contributed by atoms with Gasteiger partial charge in [-0.25, -0.2) is 0 Å². The predicted octanol–water partition coefficient (Wildman–Crippen LogP) is 3.36. The van der Waals surface area contributed by atoms with Crippen molar-refractivity contribution >= 4 is 0 Å². The molecule has 0 atom stereocenters. The molecule has 0 radical (unpaired) electrons. The zero-order chi connectivity index (χ0) is 14.9. The molecule has 0 aromatic heterocycles. The number of unbranched alkanes of at least 4 members (excludes halogenated alkanes) is 2. The van der Waals surface area contributed by atoms with E-state index in [0.717, 1.165) is 0 Å². The summed E-state index contributed by atoms with van der Waals surface area (Å²) in [6, 6.07) is 0. The van der Waals surface area contributed by atoms with Crippen molar-refractivity contribution in [3.8, 4) is 0 Å². The minimum Gasteiger partial charge on any atom is -0.394 e. The van der Waals surface area contributed by atoms with Gasteiger partial charge in [0, 0.05) is 44.5 Å². The molecule has 18 heavy (non-hydrogen) atoms. The van der Waals surface area contributed by atoms with Crippen LogP contribution in [0.4, 0.5) is 0 Å². The first-order valence-corrected chi connectivity index (χ1v) is 6.65. The third-order valence-corrected chi connectivity index (χ3v) is 0.707. The molecule has 0 heterocycles. The first kappa shape index (κ1) is 31.3. The Hall–Kier alpha value is 0.763. The third-order valence-electron chi connectivity index (χ3n) is 0.707. The summed E-state index contributed by atoms with van der Waals surface area (Å²) in [4.78, 5) is 0. The number of aliphatic hydroxyl groups excluding tert-OH is 3. The molecular weight excluding hydrogens is 307 g/mol. The van der Waals surface area contributed by atoms with Crippen molar-refractivity contribution in [3.63, 3.8) is 0 Å². The maximum atomic E-state index is 8.06. The normalized spacial score (nSPS) is 8.33. The van der Waals surface area contributed by atoms with Gasteiger partial charge in [0.2, 0.25) is 0 Å². The van der Waals surface area contributed by atoms with E-state index < -0.39 is 0 Å². The van der Waals surface area contributed by atoms with Crippen LogP contribution in [0, 0.1) is 0 Å². The van der Waals surface area contributed by atoms with Crippen molar-refractivity contribution < 1.29 is 41.5 Å². The number of aliphatic hydroxyl groups is 3. The summed E-state index contributed by atoms with van der Waals surface area (Å²) < 4.78 is 0. The minimum absolute atomic E-state index is 0. The van der Waals surface area contributed by atoms with Crippen LogP contribution in [0.5, 0.6) is 0 Å². The summed E-state index contributed by atoms with van der Waals surface area (Å²) in [5, 5.41) is 24.2. The van der Waals surface area contributed by atoms with Crippen LogP contribution in [-0.2, 0) is 26.2 Å². The van der Waals surface area contributed by atoms with Crippen LogP contribution >= 0.6 is 0 Å². The van der Waals surface area contributed by atoms with E-state index in [2.05, 4.69) is 13.8 Å². The first-order valence-electron chi connectivity index (χ1n) is 6.65. The second kappa shape index (κ2) is 30.6. The number of rotatable bonds is 2. The Balaban J connectivity index is -0.0000000412. The second-order valence-electron chi connectivity index (χ2n) is 4.63. The minimum atomic E-state index is -0.167. The van der Waals surface area contributed by atoms with Gasteiger partial charge >= 0.3 is 0 Å². The second-order valence-corrected chi connectivity index (χ2v) is 4.63. The fourth-order valence-electron chi connectivity index (χ4n) is 0.354. The number of hydrogen-bond donors (Lipinski definition) is 3. The number of hydrogen-bond acceptors (Lipinski definition) is 3. The van der Waals surface area contributed by atoms with E-state index in [9.17, 15) is 0 Å². The van der Waals surface area contributed by atoms with E-state index in [4.69, 9.17) is 15.3 Å². The van der Waals surface area contributed by atoms with Gasteiger partial charge in [0.15, 0.2) is 0 Å². The fraction of sp³-hybridized carbons (Fsp3) is 1.00. The van der Waals surface area contributed by atoms with E-state index in [0.29, 0.717) is 0 Å². The molecular formula is C14H36O3Zr. The molecule has 0 aromatic carbocycles. The fourth-order valence-corrected chi connectivity index (χ4v) is 0.354. The van der Waals surface area contributed by atoms with Gasteiger partial charge in [0.05, 0.1) is 0 Å². The smallest absolute Gasteiger partial charge is 0.0483 e. The first-order chi connectivity index (χ1) is 7.61. The van der Waals surface area contributed by atoms with E-state index >= 15 is 0 Å². The average molecular weight is 344 g/mol. The van der Waals surface area contributed by atoms with Gasteiger partial charge in [-0.05, 0) is 41.5 Å². The molecule has 114 valence electrons. The van der Waals surface area contributed by atoms with E-state index in [1.807, 2.05) is 0 Å². The maximum Gasteiger partial charge on any atom is 0.0483 e. The van der Waals surface area contributed by atoms with Crippen molar-refractivity contribution in [2.75, 3.05) is 0 Å². The van der Waals surface area contributed by atoms with Crippen molar-refractivity contribution in [1.82, 2.24) is 0 Å². The van der Waals surface area contributed by atoms with Crippen LogP contribution in [0.2, 0.25) is 0 Å². The van der Waals surface area contributed by atoms with Crippen molar-refractivity contribution in [2.45, 2.75) is 93.0 Å². The third kappa shape index (κ3) is 546. The standard InChI is InChI=1S/C5H12.3C3H8O.Zr/c1-3-5-4-2;3*1-3(2)4;/h3-5H2,1-2H3;3*3-4H,1-2H3;. The van der Waals surface area contributed by atoms with Gasteiger partial charge < -0.3 is 15.3 Å². The molecule has 0 bridgehead atoms. The topological polar surface area (TPSA) is 60.7 Å². The maximum absolute atomic E-state index is 8.06. The Labute approximate surface area is 134 Å². The monoisotopic (exact) mass is 342 g/mol. The average Bonchev–Trinajstić information content (AvgIpc) is 2.01. The molecule has 0 aliphatic rings. The summed E-state index contributed by atoms with van der Waals surface area (Å²) in [6.07, 6.45) is 3.58. The summed E-state index contributed by atoms with van der Waals surface area (Å²) in [5.41, 5.74) is 0. The molecule has 0 spiro atoms. The van der Waals surface area contributed by atoms with Crippen LogP contribution in [0.25, 0.3) is 0 Å². The largest absolute Gasteiger partial charge is 0.394 e. The molecule has 0 saturated heterocycles. The van der Waals surface area contributed by atoms with Crippen LogP contribution in [0.3, 0.4) is 0 Å². The predicted molar refractivity (Wildman–Crippen MR) is 77.3 cm³/mol. The summed E-state index contributed by atoms with van der Waals surface area (Å²) in [6.45, 7) is 14.8. The molecule has 3 N–H and O–H groups in total. The van der Waals surface area contributed by atoms with Gasteiger partial charge in [0.25, 0.3) is 0 Å². The van der Waals surface area contributed by atoms with Gasteiger partial charge in [-0.3, -0.25) is 0 Å². The van der Waals surface area contributed by atoms with E-state index in [1.54, 1.807) is 41.5 Å². The Kier molecular flexibility index (Phi) is 53.2. The van der Waals surface area contributed by atoms with Gasteiger partial charge in [-0.1, -0.05) is 33.1 Å².